The average Bonchev–Trinajstić information content (AvgIpc) is 3.19. The molecule has 2 bridgehead atoms. The van der Waals surface area contributed by atoms with E-state index in [4.69, 9.17) is 14.6 Å². The van der Waals surface area contributed by atoms with Gasteiger partial charge in [-0.3, -0.25) is 10.7 Å². The molecule has 0 amide bonds. The first-order chi connectivity index (χ1) is 11.6. The molecule has 3 aliphatic rings. The van der Waals surface area contributed by atoms with Crippen LogP contribution in [0.1, 0.15) is 37.5 Å². The van der Waals surface area contributed by atoms with Crippen molar-refractivity contribution in [1.82, 2.24) is 5.32 Å². The molecule has 120 valence electrons. The summed E-state index contributed by atoms with van der Waals surface area (Å²) in [7, 11) is 0. The molecule has 0 spiro atoms. The van der Waals surface area contributed by atoms with Gasteiger partial charge in [-0.2, -0.15) is 15.8 Å². The Kier molecular flexibility index (Phi) is 2.83. The van der Waals surface area contributed by atoms with Crippen LogP contribution in [0.25, 0.3) is 0 Å². The standard InChI is InChI=1S/C17H15N5O2/c18-8-15(9-19)13(11-4-3-7-23-11)22-17-6-2-1-5-12(17)16(15,10-20)14(21)24-17/h3-4,7,12-13,21-22H,1-2,5-6H2/t12-,13-,16-,17+/m0/s1. The Morgan fingerprint density at radius 1 is 1.21 bits per heavy atom. The minimum Gasteiger partial charge on any atom is -0.468 e. The van der Waals surface area contributed by atoms with Crippen molar-refractivity contribution < 1.29 is 9.15 Å². The molecule has 7 nitrogen and oxygen atoms in total. The van der Waals surface area contributed by atoms with Crippen molar-refractivity contribution in [2.75, 3.05) is 0 Å². The third-order valence-corrected chi connectivity index (χ3v) is 5.82. The number of piperidine rings is 1. The van der Waals surface area contributed by atoms with Crippen LogP contribution in [-0.2, 0) is 4.74 Å². The van der Waals surface area contributed by atoms with Gasteiger partial charge in [-0.15, -0.1) is 0 Å². The van der Waals surface area contributed by atoms with Crippen molar-refractivity contribution in [3.05, 3.63) is 24.2 Å². The monoisotopic (exact) mass is 321 g/mol. The molecule has 0 unspecified atom stereocenters. The molecule has 1 saturated carbocycles. The molecule has 1 aromatic rings. The highest BCUT2D eigenvalue weighted by atomic mass is 16.5. The number of furan rings is 1. The van der Waals surface area contributed by atoms with E-state index in [-0.39, 0.29) is 5.90 Å². The van der Waals surface area contributed by atoms with Gasteiger partial charge in [0.05, 0.1) is 24.5 Å². The molecule has 2 aliphatic heterocycles. The highest BCUT2D eigenvalue weighted by molar-refractivity contribution is 5.89. The van der Waals surface area contributed by atoms with Gasteiger partial charge in [0, 0.05) is 12.3 Å². The fourth-order valence-corrected chi connectivity index (χ4v) is 4.78. The Morgan fingerprint density at radius 2 is 2.00 bits per heavy atom. The number of ether oxygens (including phenoxy) is 1. The van der Waals surface area contributed by atoms with E-state index in [9.17, 15) is 15.8 Å². The van der Waals surface area contributed by atoms with Crippen LogP contribution in [0.15, 0.2) is 22.8 Å². The number of rotatable bonds is 1. The highest BCUT2D eigenvalue weighted by Gasteiger charge is 2.79. The second-order valence-corrected chi connectivity index (χ2v) is 6.66. The molecule has 4 atom stereocenters. The van der Waals surface area contributed by atoms with E-state index in [0.717, 1.165) is 12.8 Å². The summed E-state index contributed by atoms with van der Waals surface area (Å²) in [4.78, 5) is 0. The van der Waals surface area contributed by atoms with Gasteiger partial charge >= 0.3 is 0 Å². The Hall–Kier alpha value is -2.82. The lowest BCUT2D eigenvalue weighted by molar-refractivity contribution is -0.0977. The van der Waals surface area contributed by atoms with E-state index in [1.54, 1.807) is 12.1 Å². The summed E-state index contributed by atoms with van der Waals surface area (Å²) in [6.45, 7) is 0. The van der Waals surface area contributed by atoms with Crippen LogP contribution in [0.2, 0.25) is 0 Å². The van der Waals surface area contributed by atoms with E-state index in [1.807, 2.05) is 0 Å². The maximum absolute atomic E-state index is 10.1. The molecule has 2 N–H and O–H groups in total. The number of nitriles is 3. The quantitative estimate of drug-likeness (QED) is 0.816. The van der Waals surface area contributed by atoms with Crippen molar-refractivity contribution in [3.63, 3.8) is 0 Å². The van der Waals surface area contributed by atoms with Gasteiger partial charge in [0.15, 0.2) is 16.6 Å². The topological polar surface area (TPSA) is 130 Å². The second-order valence-electron chi connectivity index (χ2n) is 6.66. The largest absolute Gasteiger partial charge is 0.468 e. The van der Waals surface area contributed by atoms with Crippen molar-refractivity contribution >= 4 is 5.90 Å². The third kappa shape index (κ3) is 1.36. The molecule has 7 heteroatoms. The molecule has 2 saturated heterocycles. The maximum Gasteiger partial charge on any atom is 0.206 e. The van der Waals surface area contributed by atoms with Crippen molar-refractivity contribution in [2.45, 2.75) is 37.5 Å². The lowest BCUT2D eigenvalue weighted by atomic mass is 9.50. The number of hydrogen-bond acceptors (Lipinski definition) is 7. The maximum atomic E-state index is 10.1. The minimum absolute atomic E-state index is 0.276. The SMILES string of the molecule is N#CC1(C#N)[C@H](c2ccco2)N[C@@]23CCCC[C@H]2[C@@]1(C#N)C(=N)O3. The summed E-state index contributed by atoms with van der Waals surface area (Å²) >= 11 is 0. The summed E-state index contributed by atoms with van der Waals surface area (Å²) in [5, 5.41) is 41.7. The zero-order valence-electron chi connectivity index (χ0n) is 12.9. The fraction of sp³-hybridized carbons (Fsp3) is 0.529. The first-order valence-corrected chi connectivity index (χ1v) is 7.93. The summed E-state index contributed by atoms with van der Waals surface area (Å²) in [5.74, 6) is -0.275. The van der Waals surface area contributed by atoms with Crippen LogP contribution in [-0.4, -0.2) is 11.6 Å². The third-order valence-electron chi connectivity index (χ3n) is 5.82. The van der Waals surface area contributed by atoms with E-state index in [0.29, 0.717) is 18.6 Å². The molecule has 0 aromatic carbocycles. The van der Waals surface area contributed by atoms with Crippen LogP contribution in [0.4, 0.5) is 0 Å². The van der Waals surface area contributed by atoms with E-state index >= 15 is 0 Å². The zero-order valence-corrected chi connectivity index (χ0v) is 12.9. The molecule has 0 radical (unpaired) electrons. The van der Waals surface area contributed by atoms with Gasteiger partial charge in [-0.05, 0) is 25.0 Å². The predicted octanol–water partition coefficient (Wildman–Crippen LogP) is 2.36. The van der Waals surface area contributed by atoms with Crippen molar-refractivity contribution in [1.29, 1.82) is 21.2 Å². The molecule has 1 aliphatic carbocycles. The van der Waals surface area contributed by atoms with E-state index < -0.39 is 28.5 Å². The molecule has 1 aromatic heterocycles. The Morgan fingerprint density at radius 3 is 2.62 bits per heavy atom. The van der Waals surface area contributed by atoms with Gasteiger partial charge in [-0.25, -0.2) is 0 Å². The summed E-state index contributed by atoms with van der Waals surface area (Å²) in [6, 6.07) is 8.79. The minimum atomic E-state index is -1.79. The summed E-state index contributed by atoms with van der Waals surface area (Å²) < 4.78 is 11.3. The molecule has 3 fully saturated rings. The molecule has 3 heterocycles. The van der Waals surface area contributed by atoms with Gasteiger partial charge in [-0.1, -0.05) is 6.42 Å². The van der Waals surface area contributed by atoms with Gasteiger partial charge in [0.25, 0.3) is 0 Å². The van der Waals surface area contributed by atoms with Crippen molar-refractivity contribution in [2.24, 2.45) is 16.7 Å². The molecule has 4 rings (SSSR count). The average molecular weight is 321 g/mol. The van der Waals surface area contributed by atoms with Crippen LogP contribution in [0.5, 0.6) is 0 Å². The van der Waals surface area contributed by atoms with E-state index in [2.05, 4.69) is 23.5 Å². The van der Waals surface area contributed by atoms with Gasteiger partial charge in [0.1, 0.15) is 11.8 Å². The molecular weight excluding hydrogens is 306 g/mol. The van der Waals surface area contributed by atoms with Crippen LogP contribution < -0.4 is 5.32 Å². The van der Waals surface area contributed by atoms with Gasteiger partial charge in [0.2, 0.25) is 5.90 Å². The number of nitrogens with one attached hydrogen (secondary N) is 2. The van der Waals surface area contributed by atoms with Crippen LogP contribution >= 0.6 is 0 Å². The fourth-order valence-electron chi connectivity index (χ4n) is 4.78. The zero-order chi connectivity index (χ0) is 17.0. The summed E-state index contributed by atoms with van der Waals surface area (Å²) in [5.41, 5.74) is -4.28. The summed E-state index contributed by atoms with van der Waals surface area (Å²) in [6.07, 6.45) is 4.52. The Bertz CT molecular complexity index is 813. The number of hydrogen-bond donors (Lipinski definition) is 2. The number of nitrogens with zero attached hydrogens (tertiary/aromatic N) is 3. The normalized spacial score (nSPS) is 39.0. The first-order valence-electron chi connectivity index (χ1n) is 7.93. The highest BCUT2D eigenvalue weighted by Crippen LogP contribution is 2.66. The van der Waals surface area contributed by atoms with Crippen LogP contribution in [0.3, 0.4) is 0 Å². The second kappa shape index (κ2) is 4.60. The predicted molar refractivity (Wildman–Crippen MR) is 79.8 cm³/mol. The molecular formula is C17H15N5O2. The smallest absolute Gasteiger partial charge is 0.206 e. The van der Waals surface area contributed by atoms with Gasteiger partial charge < -0.3 is 9.15 Å². The van der Waals surface area contributed by atoms with Crippen molar-refractivity contribution in [3.8, 4) is 18.2 Å². The van der Waals surface area contributed by atoms with Crippen LogP contribution in [0, 0.1) is 56.2 Å². The Balaban J connectivity index is 2.02. The Labute approximate surface area is 138 Å². The molecule has 24 heavy (non-hydrogen) atoms. The van der Waals surface area contributed by atoms with E-state index in [1.165, 1.54) is 6.26 Å². The lowest BCUT2D eigenvalue weighted by Gasteiger charge is -2.51. The first kappa shape index (κ1) is 14.8. The lowest BCUT2D eigenvalue weighted by Crippen LogP contribution is -2.66.